The first-order valence-electron chi connectivity index (χ1n) is 10.1. The number of nitrogens with one attached hydrogen (secondary N) is 1. The Morgan fingerprint density at radius 1 is 1.16 bits per heavy atom. The first-order chi connectivity index (χ1) is 15.0. The highest BCUT2D eigenvalue weighted by atomic mass is 32.2. The highest BCUT2D eigenvalue weighted by Gasteiger charge is 2.12. The Morgan fingerprint density at radius 3 is 2.74 bits per heavy atom. The van der Waals surface area contributed by atoms with Crippen LogP contribution in [0.25, 0.3) is 16.8 Å². The third-order valence-corrected chi connectivity index (χ3v) is 6.03. The van der Waals surface area contributed by atoms with Crippen LogP contribution >= 0.6 is 11.8 Å². The average molecular weight is 433 g/mol. The highest BCUT2D eigenvalue weighted by molar-refractivity contribution is 8.00. The fourth-order valence-corrected chi connectivity index (χ4v) is 4.02. The molecule has 7 heteroatoms. The summed E-state index contributed by atoms with van der Waals surface area (Å²) in [7, 11) is 0. The molecule has 2 heterocycles. The first kappa shape index (κ1) is 20.9. The smallest absolute Gasteiger partial charge is 0.234 e. The molecule has 31 heavy (non-hydrogen) atoms. The fourth-order valence-electron chi connectivity index (χ4n) is 3.25. The second-order valence-electron chi connectivity index (χ2n) is 7.13. The van der Waals surface area contributed by atoms with Gasteiger partial charge in [0.25, 0.3) is 0 Å². The third-order valence-electron chi connectivity index (χ3n) is 5.03. The van der Waals surface area contributed by atoms with Gasteiger partial charge in [0.15, 0.2) is 0 Å². The number of aromatic nitrogens is 3. The van der Waals surface area contributed by atoms with Crippen LogP contribution in [0.2, 0.25) is 0 Å². The van der Waals surface area contributed by atoms with Gasteiger partial charge >= 0.3 is 0 Å². The van der Waals surface area contributed by atoms with E-state index in [1.165, 1.54) is 11.8 Å². The molecule has 1 amide bonds. The Labute approximate surface area is 185 Å². The number of thioether (sulfide) groups is 1. The summed E-state index contributed by atoms with van der Waals surface area (Å²) in [6, 6.07) is 15.8. The van der Waals surface area contributed by atoms with E-state index in [1.54, 1.807) is 10.7 Å². The number of anilines is 1. The fraction of sp³-hybridized carbons (Fsp3) is 0.208. The highest BCUT2D eigenvalue weighted by Crippen LogP contribution is 2.27. The Morgan fingerprint density at radius 2 is 1.97 bits per heavy atom. The summed E-state index contributed by atoms with van der Waals surface area (Å²) in [6.07, 6.45) is 3.51. The number of ether oxygens (including phenoxy) is 1. The van der Waals surface area contributed by atoms with E-state index in [0.29, 0.717) is 6.61 Å². The molecule has 2 aromatic carbocycles. The number of hydrogen-bond acceptors (Lipinski definition) is 5. The van der Waals surface area contributed by atoms with E-state index in [4.69, 9.17) is 4.74 Å². The molecule has 4 aromatic rings. The van der Waals surface area contributed by atoms with Crippen molar-refractivity contribution in [2.45, 2.75) is 25.8 Å². The predicted octanol–water partition coefficient (Wildman–Crippen LogP) is 5.14. The van der Waals surface area contributed by atoms with Gasteiger partial charge < -0.3 is 10.1 Å². The number of carbonyl (C=O) groups is 1. The van der Waals surface area contributed by atoms with Crippen molar-refractivity contribution in [3.63, 3.8) is 0 Å². The molecular weight excluding hydrogens is 408 g/mol. The van der Waals surface area contributed by atoms with E-state index >= 15 is 0 Å². The quantitative estimate of drug-likeness (QED) is 0.410. The van der Waals surface area contributed by atoms with Crippen LogP contribution in [-0.4, -0.2) is 32.9 Å². The molecule has 6 nitrogen and oxygen atoms in total. The van der Waals surface area contributed by atoms with Gasteiger partial charge in [-0.15, -0.1) is 0 Å². The maximum Gasteiger partial charge on any atom is 0.234 e. The van der Waals surface area contributed by atoms with E-state index < -0.39 is 0 Å². The summed E-state index contributed by atoms with van der Waals surface area (Å²) in [5.74, 6) is 1.04. The van der Waals surface area contributed by atoms with Crippen molar-refractivity contribution in [2.24, 2.45) is 0 Å². The zero-order chi connectivity index (χ0) is 21.8. The molecule has 0 saturated heterocycles. The minimum atomic E-state index is -0.0613. The minimum Gasteiger partial charge on any atom is -0.494 e. The summed E-state index contributed by atoms with van der Waals surface area (Å²) in [5.41, 5.74) is 5.79. The number of rotatable bonds is 7. The van der Waals surface area contributed by atoms with Gasteiger partial charge in [-0.2, -0.15) is 5.10 Å². The van der Waals surface area contributed by atoms with Crippen molar-refractivity contribution in [3.8, 4) is 17.0 Å². The summed E-state index contributed by atoms with van der Waals surface area (Å²) < 4.78 is 7.30. The second kappa shape index (κ2) is 9.22. The maximum atomic E-state index is 12.5. The molecule has 0 aliphatic heterocycles. The molecule has 0 unspecified atom stereocenters. The zero-order valence-corrected chi connectivity index (χ0v) is 18.6. The lowest BCUT2D eigenvalue weighted by molar-refractivity contribution is -0.113. The van der Waals surface area contributed by atoms with Crippen LogP contribution < -0.4 is 10.1 Å². The van der Waals surface area contributed by atoms with Crippen LogP contribution in [0.1, 0.15) is 18.1 Å². The van der Waals surface area contributed by atoms with Crippen molar-refractivity contribution >= 4 is 28.9 Å². The number of hydrogen-bond donors (Lipinski definition) is 1. The molecule has 0 atom stereocenters. The van der Waals surface area contributed by atoms with Crippen molar-refractivity contribution in [2.75, 3.05) is 17.7 Å². The number of aryl methyl sites for hydroxylation is 1. The molecule has 0 radical (unpaired) electrons. The number of fused-ring (bicyclic) bond motifs is 1. The van der Waals surface area contributed by atoms with Gasteiger partial charge in [0, 0.05) is 23.6 Å². The van der Waals surface area contributed by atoms with Gasteiger partial charge in [-0.05, 0) is 68.3 Å². The molecule has 2 aromatic heterocycles. The van der Waals surface area contributed by atoms with E-state index in [-0.39, 0.29) is 11.7 Å². The monoisotopic (exact) mass is 432 g/mol. The van der Waals surface area contributed by atoms with Crippen LogP contribution in [0, 0.1) is 13.8 Å². The Kier molecular flexibility index (Phi) is 6.23. The van der Waals surface area contributed by atoms with Crippen molar-refractivity contribution < 1.29 is 9.53 Å². The van der Waals surface area contributed by atoms with Crippen LogP contribution in [0.3, 0.4) is 0 Å². The summed E-state index contributed by atoms with van der Waals surface area (Å²) >= 11 is 1.40. The third kappa shape index (κ3) is 4.72. The molecule has 0 fully saturated rings. The molecule has 0 aliphatic rings. The molecule has 0 saturated carbocycles. The Balaban J connectivity index is 1.49. The van der Waals surface area contributed by atoms with E-state index in [1.807, 2.05) is 75.5 Å². The largest absolute Gasteiger partial charge is 0.494 e. The lowest BCUT2D eigenvalue weighted by Crippen LogP contribution is -2.15. The first-order valence-corrected chi connectivity index (χ1v) is 11.1. The van der Waals surface area contributed by atoms with Crippen LogP contribution in [0.5, 0.6) is 5.75 Å². The van der Waals surface area contributed by atoms with Gasteiger partial charge in [0.2, 0.25) is 5.91 Å². The van der Waals surface area contributed by atoms with Crippen LogP contribution in [0.4, 0.5) is 5.69 Å². The molecular formula is C24H24N4O2S. The molecule has 4 rings (SSSR count). The summed E-state index contributed by atoms with van der Waals surface area (Å²) in [4.78, 5) is 17.0. The minimum absolute atomic E-state index is 0.0613. The Bertz CT molecular complexity index is 1220. The summed E-state index contributed by atoms with van der Waals surface area (Å²) in [6.45, 7) is 6.64. The predicted molar refractivity (Wildman–Crippen MR) is 125 cm³/mol. The SMILES string of the molecule is CCOc1ccc(-c2cc3c(SCC(=O)Nc4cccc(C)c4C)nccn3n2)cc1. The summed E-state index contributed by atoms with van der Waals surface area (Å²) in [5, 5.41) is 8.42. The molecule has 0 aliphatic carbocycles. The van der Waals surface area contributed by atoms with E-state index in [0.717, 1.165) is 44.4 Å². The molecule has 0 bridgehead atoms. The zero-order valence-electron chi connectivity index (χ0n) is 17.8. The molecule has 0 spiro atoms. The van der Waals surface area contributed by atoms with Crippen molar-refractivity contribution in [1.82, 2.24) is 14.6 Å². The normalized spacial score (nSPS) is 10.9. The standard InChI is InChI=1S/C24H24N4O2S/c1-4-30-19-10-8-18(9-11-19)21-14-22-24(25-12-13-28(22)27-21)31-15-23(29)26-20-7-5-6-16(2)17(20)3/h5-14H,4,15H2,1-3H3,(H,26,29). The van der Waals surface area contributed by atoms with Crippen LogP contribution in [-0.2, 0) is 4.79 Å². The number of amides is 1. The number of nitrogens with zero attached hydrogens (tertiary/aromatic N) is 3. The van der Waals surface area contributed by atoms with Gasteiger partial charge in [0.05, 0.1) is 23.6 Å². The topological polar surface area (TPSA) is 68.5 Å². The van der Waals surface area contributed by atoms with E-state index in [9.17, 15) is 4.79 Å². The van der Waals surface area contributed by atoms with Gasteiger partial charge in [-0.25, -0.2) is 9.50 Å². The van der Waals surface area contributed by atoms with Crippen LogP contribution in [0.15, 0.2) is 66.0 Å². The lowest BCUT2D eigenvalue weighted by Gasteiger charge is -2.10. The van der Waals surface area contributed by atoms with Crippen molar-refractivity contribution in [1.29, 1.82) is 0 Å². The van der Waals surface area contributed by atoms with Gasteiger partial charge in [-0.3, -0.25) is 4.79 Å². The maximum absolute atomic E-state index is 12.5. The van der Waals surface area contributed by atoms with Gasteiger partial charge in [0.1, 0.15) is 10.8 Å². The molecule has 158 valence electrons. The van der Waals surface area contributed by atoms with E-state index in [2.05, 4.69) is 15.4 Å². The number of benzene rings is 2. The Hall–Kier alpha value is -3.32. The lowest BCUT2D eigenvalue weighted by atomic mass is 10.1. The second-order valence-corrected chi connectivity index (χ2v) is 8.10. The number of carbonyl (C=O) groups excluding carboxylic acids is 1. The van der Waals surface area contributed by atoms with Crippen molar-refractivity contribution in [3.05, 3.63) is 72.1 Å². The molecule has 1 N–H and O–H groups in total. The average Bonchev–Trinajstić information content (AvgIpc) is 3.21. The van der Waals surface area contributed by atoms with Gasteiger partial charge in [-0.1, -0.05) is 23.9 Å².